The van der Waals surface area contributed by atoms with Crippen LogP contribution < -0.4 is 5.32 Å². The number of aldehydes is 1. The molecule has 0 heterocycles. The molecule has 1 rings (SSSR count). The molecule has 0 radical (unpaired) electrons. The van der Waals surface area contributed by atoms with Crippen molar-refractivity contribution in [1.29, 1.82) is 0 Å². The first-order valence-corrected chi connectivity index (χ1v) is 4.51. The predicted octanol–water partition coefficient (Wildman–Crippen LogP) is 1.74. The minimum absolute atomic E-state index is 0.413. The van der Waals surface area contributed by atoms with E-state index in [-0.39, 0.29) is 0 Å². The van der Waals surface area contributed by atoms with Crippen LogP contribution in [0.25, 0.3) is 0 Å². The van der Waals surface area contributed by atoms with Gasteiger partial charge >= 0.3 is 0 Å². The highest BCUT2D eigenvalue weighted by Gasteiger charge is 1.90. The fraction of sp³-hybridized carbons (Fsp3) is 0.222. The van der Waals surface area contributed by atoms with Gasteiger partial charge in [-0.3, -0.25) is 0 Å². The average Bonchev–Trinajstić information content (AvgIpc) is 2.09. The van der Waals surface area contributed by atoms with E-state index in [4.69, 9.17) is 0 Å². The Labute approximate surface area is 80.1 Å². The summed E-state index contributed by atoms with van der Waals surface area (Å²) >= 11 is 3.35. The first kappa shape index (κ1) is 9.42. The van der Waals surface area contributed by atoms with Crippen molar-refractivity contribution < 1.29 is 4.79 Å². The zero-order chi connectivity index (χ0) is 8.81. The van der Waals surface area contributed by atoms with Gasteiger partial charge in [0.1, 0.15) is 6.29 Å². The van der Waals surface area contributed by atoms with Gasteiger partial charge in [0.15, 0.2) is 0 Å². The maximum absolute atomic E-state index is 9.98. The fourth-order valence-corrected chi connectivity index (χ4v) is 1.14. The Morgan fingerprint density at radius 3 is 2.58 bits per heavy atom. The smallest absolute Gasteiger partial charge is 0.133 e. The van der Waals surface area contributed by atoms with E-state index in [1.54, 1.807) is 0 Å². The molecule has 0 aliphatic carbocycles. The van der Waals surface area contributed by atoms with Crippen molar-refractivity contribution in [3.8, 4) is 0 Å². The van der Waals surface area contributed by atoms with Crippen molar-refractivity contribution in [2.24, 2.45) is 0 Å². The summed E-state index contributed by atoms with van der Waals surface area (Å²) in [5.41, 5.74) is 1.18. The topological polar surface area (TPSA) is 29.1 Å². The third-order valence-corrected chi connectivity index (χ3v) is 2.00. The van der Waals surface area contributed by atoms with Crippen LogP contribution in [-0.4, -0.2) is 12.8 Å². The average molecular weight is 228 g/mol. The number of carbonyl (C=O) groups excluding carboxylic acids is 1. The molecule has 1 N–H and O–H groups in total. The van der Waals surface area contributed by atoms with Gasteiger partial charge in [0.25, 0.3) is 0 Å². The molecule has 0 fully saturated rings. The summed E-state index contributed by atoms with van der Waals surface area (Å²) in [6, 6.07) is 8.00. The minimum Gasteiger partial charge on any atom is -0.306 e. The summed E-state index contributed by atoms with van der Waals surface area (Å²) in [7, 11) is 0. The molecular weight excluding hydrogens is 218 g/mol. The van der Waals surface area contributed by atoms with Crippen molar-refractivity contribution >= 4 is 22.2 Å². The summed E-state index contributed by atoms with van der Waals surface area (Å²) in [6.07, 6.45) is 0.860. The van der Waals surface area contributed by atoms with Crippen LogP contribution in [0.1, 0.15) is 5.56 Å². The maximum Gasteiger partial charge on any atom is 0.133 e. The van der Waals surface area contributed by atoms with Gasteiger partial charge in [-0.2, -0.15) is 0 Å². The summed E-state index contributed by atoms with van der Waals surface area (Å²) in [6.45, 7) is 1.15. The zero-order valence-electron chi connectivity index (χ0n) is 6.59. The molecule has 0 aliphatic rings. The van der Waals surface area contributed by atoms with Crippen molar-refractivity contribution in [2.75, 3.05) is 6.54 Å². The number of nitrogens with one attached hydrogen (secondary N) is 1. The van der Waals surface area contributed by atoms with Crippen LogP contribution in [0, 0.1) is 0 Å². The molecule has 0 saturated carbocycles. The Morgan fingerprint density at radius 1 is 1.33 bits per heavy atom. The first-order chi connectivity index (χ1) is 5.83. The van der Waals surface area contributed by atoms with Crippen molar-refractivity contribution in [1.82, 2.24) is 5.32 Å². The summed E-state index contributed by atoms with van der Waals surface area (Å²) in [4.78, 5) is 9.98. The van der Waals surface area contributed by atoms with E-state index in [1.165, 1.54) is 5.56 Å². The molecule has 1 aromatic carbocycles. The van der Waals surface area contributed by atoms with Gasteiger partial charge in [-0.25, -0.2) is 0 Å². The van der Waals surface area contributed by atoms with E-state index in [1.807, 2.05) is 24.3 Å². The normalized spacial score (nSPS) is 9.75. The van der Waals surface area contributed by atoms with Crippen LogP contribution in [0.5, 0.6) is 0 Å². The lowest BCUT2D eigenvalue weighted by molar-refractivity contribution is -0.107. The molecule has 64 valence electrons. The second-order valence-corrected chi connectivity index (χ2v) is 3.34. The summed E-state index contributed by atoms with van der Waals surface area (Å²) in [5, 5.41) is 2.99. The zero-order valence-corrected chi connectivity index (χ0v) is 8.17. The number of rotatable bonds is 4. The van der Waals surface area contributed by atoms with Crippen LogP contribution in [0.2, 0.25) is 0 Å². The standard InChI is InChI=1S/C9H10BrNO/c10-9-3-1-8(2-4-9)7-11-5-6-12/h1-4,6,11H,5,7H2. The Bertz CT molecular complexity index is 245. The predicted molar refractivity (Wildman–Crippen MR) is 51.9 cm³/mol. The van der Waals surface area contributed by atoms with Gasteiger partial charge in [0, 0.05) is 11.0 Å². The van der Waals surface area contributed by atoms with Crippen LogP contribution in [0.3, 0.4) is 0 Å². The molecule has 0 unspecified atom stereocenters. The van der Waals surface area contributed by atoms with Gasteiger partial charge in [-0.05, 0) is 17.7 Å². The van der Waals surface area contributed by atoms with E-state index in [2.05, 4.69) is 21.2 Å². The number of halogens is 1. The van der Waals surface area contributed by atoms with E-state index in [9.17, 15) is 4.79 Å². The van der Waals surface area contributed by atoms with E-state index in [0.29, 0.717) is 6.54 Å². The van der Waals surface area contributed by atoms with Gasteiger partial charge in [-0.15, -0.1) is 0 Å². The van der Waals surface area contributed by atoms with Crippen molar-refractivity contribution in [3.05, 3.63) is 34.3 Å². The number of carbonyl (C=O) groups is 1. The van der Waals surface area contributed by atoms with Crippen LogP contribution in [0.4, 0.5) is 0 Å². The Kier molecular flexibility index (Phi) is 3.97. The monoisotopic (exact) mass is 227 g/mol. The lowest BCUT2D eigenvalue weighted by Gasteiger charge is -2.00. The van der Waals surface area contributed by atoms with Crippen molar-refractivity contribution in [2.45, 2.75) is 6.54 Å². The van der Waals surface area contributed by atoms with Crippen LogP contribution in [-0.2, 0) is 11.3 Å². The molecule has 0 aromatic heterocycles. The molecule has 0 spiro atoms. The molecule has 0 bridgehead atoms. The van der Waals surface area contributed by atoms with Crippen LogP contribution >= 0.6 is 15.9 Å². The Balaban J connectivity index is 2.42. The molecule has 1 aromatic rings. The molecule has 0 aliphatic heterocycles. The van der Waals surface area contributed by atoms with Crippen LogP contribution in [0.15, 0.2) is 28.7 Å². The molecule has 3 heteroatoms. The SMILES string of the molecule is O=CCNCc1ccc(Br)cc1. The van der Waals surface area contributed by atoms with E-state index >= 15 is 0 Å². The van der Waals surface area contributed by atoms with Gasteiger partial charge in [-0.1, -0.05) is 28.1 Å². The number of hydrogen-bond acceptors (Lipinski definition) is 2. The molecular formula is C9H10BrNO. The number of hydrogen-bond donors (Lipinski definition) is 1. The summed E-state index contributed by atoms with van der Waals surface area (Å²) < 4.78 is 1.07. The quantitative estimate of drug-likeness (QED) is 0.628. The van der Waals surface area contributed by atoms with Gasteiger partial charge in [0.2, 0.25) is 0 Å². The second-order valence-electron chi connectivity index (χ2n) is 2.42. The fourth-order valence-electron chi connectivity index (χ4n) is 0.878. The minimum atomic E-state index is 0.413. The van der Waals surface area contributed by atoms with Gasteiger partial charge < -0.3 is 10.1 Å². The lowest BCUT2D eigenvalue weighted by atomic mass is 10.2. The van der Waals surface area contributed by atoms with Crippen molar-refractivity contribution in [3.63, 3.8) is 0 Å². The third-order valence-electron chi connectivity index (χ3n) is 1.47. The molecule has 0 atom stereocenters. The molecule has 2 nitrogen and oxygen atoms in total. The van der Waals surface area contributed by atoms with Gasteiger partial charge in [0.05, 0.1) is 6.54 Å². The largest absolute Gasteiger partial charge is 0.306 e. The highest BCUT2D eigenvalue weighted by Crippen LogP contribution is 2.09. The molecule has 12 heavy (non-hydrogen) atoms. The highest BCUT2D eigenvalue weighted by molar-refractivity contribution is 9.10. The lowest BCUT2D eigenvalue weighted by Crippen LogP contribution is -2.15. The van der Waals surface area contributed by atoms with E-state index < -0.39 is 0 Å². The highest BCUT2D eigenvalue weighted by atomic mass is 79.9. The maximum atomic E-state index is 9.98. The third kappa shape index (κ3) is 3.15. The Morgan fingerprint density at radius 2 is 2.00 bits per heavy atom. The summed E-state index contributed by atoms with van der Waals surface area (Å²) in [5.74, 6) is 0. The molecule has 0 saturated heterocycles. The Hall–Kier alpha value is -0.670. The first-order valence-electron chi connectivity index (χ1n) is 3.71. The van der Waals surface area contributed by atoms with E-state index in [0.717, 1.165) is 17.3 Å². The second kappa shape index (κ2) is 5.06. The number of benzene rings is 1. The molecule has 0 amide bonds.